The van der Waals surface area contributed by atoms with E-state index in [-0.39, 0.29) is 24.6 Å². The van der Waals surface area contributed by atoms with Crippen molar-refractivity contribution in [1.82, 2.24) is 4.90 Å². The number of hydrogen-bond donors (Lipinski definition) is 1. The second-order valence-corrected chi connectivity index (χ2v) is 5.82. The second kappa shape index (κ2) is 7.40. The van der Waals surface area contributed by atoms with Gasteiger partial charge in [0.05, 0.1) is 23.1 Å². The lowest BCUT2D eigenvalue weighted by atomic mass is 10.1. The second-order valence-electron chi connectivity index (χ2n) is 5.42. The van der Waals surface area contributed by atoms with E-state index in [2.05, 4.69) is 5.32 Å². The highest BCUT2D eigenvalue weighted by Crippen LogP contribution is 2.36. The molecule has 1 fully saturated rings. The Morgan fingerprint density at radius 1 is 1.46 bits per heavy atom. The van der Waals surface area contributed by atoms with Gasteiger partial charge in [0.1, 0.15) is 0 Å². The number of halogens is 4. The van der Waals surface area contributed by atoms with E-state index in [9.17, 15) is 22.8 Å². The molecule has 0 aliphatic carbocycles. The molecule has 0 radical (unpaired) electrons. The standard InChI is InChI=1S/C15H16ClF3N2O3/c1-24-5-4-21-8-9(6-13(21)22)14(23)20-10-2-3-12(16)11(7-10)15(17,18)19/h2-3,7,9H,4-6,8H2,1H3,(H,20,23). The number of benzene rings is 1. The summed E-state index contributed by atoms with van der Waals surface area (Å²) in [6.45, 7) is 0.943. The smallest absolute Gasteiger partial charge is 0.383 e. The Morgan fingerprint density at radius 2 is 2.17 bits per heavy atom. The highest BCUT2D eigenvalue weighted by atomic mass is 35.5. The van der Waals surface area contributed by atoms with Gasteiger partial charge in [-0.15, -0.1) is 0 Å². The van der Waals surface area contributed by atoms with Crippen LogP contribution in [-0.2, 0) is 20.5 Å². The van der Waals surface area contributed by atoms with Crippen LogP contribution in [-0.4, -0.2) is 43.5 Å². The lowest BCUT2D eigenvalue weighted by Gasteiger charge is -2.16. The topological polar surface area (TPSA) is 58.6 Å². The summed E-state index contributed by atoms with van der Waals surface area (Å²) in [6.07, 6.45) is -4.59. The summed E-state index contributed by atoms with van der Waals surface area (Å²) in [7, 11) is 1.50. The van der Waals surface area contributed by atoms with Gasteiger partial charge in [0.25, 0.3) is 0 Å². The Labute approximate surface area is 141 Å². The molecule has 1 N–H and O–H groups in total. The number of ether oxygens (including phenoxy) is 1. The van der Waals surface area contributed by atoms with Crippen LogP contribution in [0.25, 0.3) is 0 Å². The summed E-state index contributed by atoms with van der Waals surface area (Å²) in [5.74, 6) is -1.29. The Morgan fingerprint density at radius 3 is 2.79 bits per heavy atom. The number of alkyl halides is 3. The van der Waals surface area contributed by atoms with Crippen LogP contribution in [0.1, 0.15) is 12.0 Å². The van der Waals surface area contributed by atoms with Gasteiger partial charge in [0.15, 0.2) is 0 Å². The van der Waals surface area contributed by atoms with Gasteiger partial charge in [-0.1, -0.05) is 11.6 Å². The summed E-state index contributed by atoms with van der Waals surface area (Å²) >= 11 is 5.54. The molecule has 1 atom stereocenters. The average molecular weight is 365 g/mol. The first kappa shape index (κ1) is 18.5. The summed E-state index contributed by atoms with van der Waals surface area (Å²) in [4.78, 5) is 25.5. The van der Waals surface area contributed by atoms with Crippen molar-refractivity contribution in [2.45, 2.75) is 12.6 Å². The van der Waals surface area contributed by atoms with Gasteiger partial charge in [0, 0.05) is 32.3 Å². The molecular weight excluding hydrogens is 349 g/mol. The van der Waals surface area contributed by atoms with Crippen molar-refractivity contribution in [2.24, 2.45) is 5.92 Å². The van der Waals surface area contributed by atoms with E-state index in [0.717, 1.165) is 12.1 Å². The van der Waals surface area contributed by atoms with Gasteiger partial charge < -0.3 is 15.0 Å². The number of nitrogens with one attached hydrogen (secondary N) is 1. The number of methoxy groups -OCH3 is 1. The van der Waals surface area contributed by atoms with Crippen molar-refractivity contribution >= 4 is 29.1 Å². The lowest BCUT2D eigenvalue weighted by molar-refractivity contribution is -0.137. The fraction of sp³-hybridized carbons (Fsp3) is 0.467. The Bertz CT molecular complexity index is 637. The predicted octanol–water partition coefficient (Wildman–Crippen LogP) is 2.79. The van der Waals surface area contributed by atoms with Crippen molar-refractivity contribution in [3.8, 4) is 0 Å². The molecule has 0 aromatic heterocycles. The van der Waals surface area contributed by atoms with E-state index in [1.54, 1.807) is 0 Å². The molecule has 2 amide bonds. The normalized spacial score (nSPS) is 18.1. The minimum atomic E-state index is -4.61. The number of likely N-dealkylation sites (tertiary alicyclic amines) is 1. The van der Waals surface area contributed by atoms with Crippen molar-refractivity contribution in [3.05, 3.63) is 28.8 Å². The summed E-state index contributed by atoms with van der Waals surface area (Å²) in [5.41, 5.74) is -1.04. The monoisotopic (exact) mass is 364 g/mol. The molecule has 5 nitrogen and oxygen atoms in total. The van der Waals surface area contributed by atoms with Crippen LogP contribution in [0.2, 0.25) is 5.02 Å². The Balaban J connectivity index is 2.04. The Hall–Kier alpha value is -1.80. The summed E-state index contributed by atoms with van der Waals surface area (Å²) < 4.78 is 43.4. The third-order valence-electron chi connectivity index (χ3n) is 3.69. The summed E-state index contributed by atoms with van der Waals surface area (Å²) in [5, 5.41) is 1.97. The molecule has 24 heavy (non-hydrogen) atoms. The first-order chi connectivity index (χ1) is 11.2. The van der Waals surface area contributed by atoms with E-state index in [1.807, 2.05) is 0 Å². The minimum absolute atomic E-state index is 0.0143. The fourth-order valence-electron chi connectivity index (χ4n) is 2.43. The van der Waals surface area contributed by atoms with Crippen LogP contribution < -0.4 is 5.32 Å². The number of carbonyl (C=O) groups excluding carboxylic acids is 2. The molecule has 1 aliphatic rings. The molecule has 1 unspecified atom stereocenters. The van der Waals surface area contributed by atoms with Crippen LogP contribution in [0.15, 0.2) is 18.2 Å². The van der Waals surface area contributed by atoms with Crippen molar-refractivity contribution in [3.63, 3.8) is 0 Å². The molecule has 0 bridgehead atoms. The Kier molecular flexibility index (Phi) is 5.71. The largest absolute Gasteiger partial charge is 0.417 e. The molecular formula is C15H16ClF3N2O3. The van der Waals surface area contributed by atoms with Gasteiger partial charge in [0.2, 0.25) is 11.8 Å². The quantitative estimate of drug-likeness (QED) is 0.874. The summed E-state index contributed by atoms with van der Waals surface area (Å²) in [6, 6.07) is 3.14. The molecule has 1 aromatic carbocycles. The van der Waals surface area contributed by atoms with Gasteiger partial charge in [-0.3, -0.25) is 9.59 Å². The van der Waals surface area contributed by atoms with Gasteiger partial charge in [-0.2, -0.15) is 13.2 Å². The van der Waals surface area contributed by atoms with Crippen LogP contribution in [0.4, 0.5) is 18.9 Å². The molecule has 2 rings (SSSR count). The average Bonchev–Trinajstić information content (AvgIpc) is 2.87. The molecule has 0 spiro atoms. The highest BCUT2D eigenvalue weighted by molar-refractivity contribution is 6.31. The highest BCUT2D eigenvalue weighted by Gasteiger charge is 2.35. The number of anilines is 1. The van der Waals surface area contributed by atoms with Gasteiger partial charge in [-0.05, 0) is 18.2 Å². The fourth-order valence-corrected chi connectivity index (χ4v) is 2.65. The molecule has 1 heterocycles. The zero-order valence-corrected chi connectivity index (χ0v) is 13.6. The third-order valence-corrected chi connectivity index (χ3v) is 4.02. The first-order valence-electron chi connectivity index (χ1n) is 7.16. The number of carbonyl (C=O) groups is 2. The molecule has 9 heteroatoms. The third kappa shape index (κ3) is 4.39. The van der Waals surface area contributed by atoms with Crippen molar-refractivity contribution in [2.75, 3.05) is 32.1 Å². The number of nitrogens with zero attached hydrogens (tertiary/aromatic N) is 1. The van der Waals surface area contributed by atoms with Gasteiger partial charge >= 0.3 is 6.18 Å². The maximum absolute atomic E-state index is 12.8. The van der Waals surface area contributed by atoms with Crippen molar-refractivity contribution < 1.29 is 27.5 Å². The van der Waals surface area contributed by atoms with E-state index in [1.165, 1.54) is 18.1 Å². The van der Waals surface area contributed by atoms with E-state index >= 15 is 0 Å². The number of amides is 2. The molecule has 1 aromatic rings. The molecule has 0 saturated carbocycles. The predicted molar refractivity (Wildman–Crippen MR) is 81.6 cm³/mol. The molecule has 1 saturated heterocycles. The zero-order valence-electron chi connectivity index (χ0n) is 12.8. The van der Waals surface area contributed by atoms with E-state index < -0.39 is 28.6 Å². The zero-order chi connectivity index (χ0) is 17.9. The lowest BCUT2D eigenvalue weighted by Crippen LogP contribution is -2.30. The van der Waals surface area contributed by atoms with E-state index in [0.29, 0.717) is 13.2 Å². The minimum Gasteiger partial charge on any atom is -0.383 e. The van der Waals surface area contributed by atoms with Crippen LogP contribution in [0.5, 0.6) is 0 Å². The van der Waals surface area contributed by atoms with Crippen LogP contribution in [0.3, 0.4) is 0 Å². The first-order valence-corrected chi connectivity index (χ1v) is 7.54. The van der Waals surface area contributed by atoms with Crippen LogP contribution >= 0.6 is 11.6 Å². The SMILES string of the molecule is COCCN1CC(C(=O)Nc2ccc(Cl)c(C(F)(F)F)c2)CC1=O. The van der Waals surface area contributed by atoms with Crippen LogP contribution in [0, 0.1) is 5.92 Å². The molecule has 1 aliphatic heterocycles. The maximum Gasteiger partial charge on any atom is 0.417 e. The maximum atomic E-state index is 12.8. The molecule has 132 valence electrons. The van der Waals surface area contributed by atoms with Gasteiger partial charge in [-0.25, -0.2) is 0 Å². The number of hydrogen-bond acceptors (Lipinski definition) is 3. The number of rotatable bonds is 5. The van der Waals surface area contributed by atoms with Crippen molar-refractivity contribution in [1.29, 1.82) is 0 Å². The van der Waals surface area contributed by atoms with E-state index in [4.69, 9.17) is 16.3 Å².